The van der Waals surface area contributed by atoms with E-state index in [0.717, 1.165) is 31.8 Å². The van der Waals surface area contributed by atoms with Crippen LogP contribution in [0.15, 0.2) is 6.33 Å². The predicted octanol–water partition coefficient (Wildman–Crippen LogP) is 0.347. The molecule has 1 aromatic heterocycles. The van der Waals surface area contributed by atoms with E-state index in [4.69, 9.17) is 0 Å². The minimum atomic E-state index is 0.975. The maximum atomic E-state index is 4.02. The van der Waals surface area contributed by atoms with Crippen LogP contribution < -0.4 is 5.32 Å². The van der Waals surface area contributed by atoms with E-state index in [2.05, 4.69) is 27.4 Å². The minimum Gasteiger partial charge on any atom is -0.317 e. The molecule has 0 saturated heterocycles. The Morgan fingerprint density at radius 2 is 2.55 bits per heavy atom. The number of hydrogen-bond donors (Lipinski definition) is 2. The molecule has 1 rings (SSSR count). The molecule has 2 N–H and O–H groups in total. The number of nitrogens with one attached hydrogen (secondary N) is 2. The van der Waals surface area contributed by atoms with Crippen LogP contribution in [0.5, 0.6) is 0 Å². The highest BCUT2D eigenvalue weighted by molar-refractivity contribution is 4.79. The zero-order valence-electron chi connectivity index (χ0n) is 6.80. The zero-order chi connectivity index (χ0) is 7.94. The predicted molar refractivity (Wildman–Crippen MR) is 43.2 cm³/mol. The molecule has 0 fully saturated rings. The molecule has 11 heavy (non-hydrogen) atoms. The Balaban J connectivity index is 2.04. The van der Waals surface area contributed by atoms with Crippen LogP contribution in [-0.2, 0) is 6.42 Å². The monoisotopic (exact) mass is 154 g/mol. The Bertz CT molecular complexity index is 171. The van der Waals surface area contributed by atoms with E-state index in [9.17, 15) is 0 Å². The zero-order valence-corrected chi connectivity index (χ0v) is 6.80. The van der Waals surface area contributed by atoms with Gasteiger partial charge >= 0.3 is 0 Å². The molecule has 1 heterocycles. The number of H-pyrrole nitrogens is 1. The summed E-state index contributed by atoms with van der Waals surface area (Å²) in [5.41, 5.74) is 0. The van der Waals surface area contributed by atoms with Gasteiger partial charge in [-0.15, -0.1) is 0 Å². The van der Waals surface area contributed by atoms with E-state index >= 15 is 0 Å². The lowest BCUT2D eigenvalue weighted by molar-refractivity contribution is 0.660. The summed E-state index contributed by atoms with van der Waals surface area (Å²) in [5, 5.41) is 9.84. The van der Waals surface area contributed by atoms with Crippen molar-refractivity contribution >= 4 is 0 Å². The normalized spacial score (nSPS) is 10.3. The third-order valence-corrected chi connectivity index (χ3v) is 1.48. The second-order valence-electron chi connectivity index (χ2n) is 2.39. The Labute approximate surface area is 66.4 Å². The molecule has 0 atom stereocenters. The molecule has 0 aliphatic carbocycles. The van der Waals surface area contributed by atoms with Gasteiger partial charge in [-0.2, -0.15) is 5.10 Å². The molecular weight excluding hydrogens is 140 g/mol. The summed E-state index contributed by atoms with van der Waals surface area (Å²) in [6, 6.07) is 0. The molecule has 0 unspecified atom stereocenters. The van der Waals surface area contributed by atoms with Gasteiger partial charge in [-0.25, -0.2) is 4.98 Å². The van der Waals surface area contributed by atoms with Gasteiger partial charge in [-0.3, -0.25) is 5.10 Å². The molecule has 0 aromatic carbocycles. The summed E-state index contributed by atoms with van der Waals surface area (Å²) in [4.78, 5) is 4.02. The molecule has 0 saturated carbocycles. The van der Waals surface area contributed by atoms with Crippen molar-refractivity contribution in [2.45, 2.75) is 19.8 Å². The topological polar surface area (TPSA) is 53.6 Å². The molecule has 0 aliphatic heterocycles. The number of aromatic amines is 1. The average Bonchev–Trinajstić information content (AvgIpc) is 2.50. The molecule has 0 spiro atoms. The van der Waals surface area contributed by atoms with Gasteiger partial charge in [0, 0.05) is 6.42 Å². The van der Waals surface area contributed by atoms with E-state index in [1.54, 1.807) is 6.33 Å². The lowest BCUT2D eigenvalue weighted by Gasteiger charge is -1.97. The number of aromatic nitrogens is 3. The van der Waals surface area contributed by atoms with Gasteiger partial charge in [-0.05, 0) is 19.5 Å². The van der Waals surface area contributed by atoms with E-state index in [0.29, 0.717) is 0 Å². The molecule has 0 amide bonds. The van der Waals surface area contributed by atoms with Crippen molar-refractivity contribution in [2.75, 3.05) is 13.1 Å². The van der Waals surface area contributed by atoms with Gasteiger partial charge in [0.2, 0.25) is 0 Å². The van der Waals surface area contributed by atoms with Crippen LogP contribution in [0.4, 0.5) is 0 Å². The van der Waals surface area contributed by atoms with E-state index in [-0.39, 0.29) is 0 Å². The fourth-order valence-electron chi connectivity index (χ4n) is 0.909. The minimum absolute atomic E-state index is 0.975. The van der Waals surface area contributed by atoms with Crippen LogP contribution in [0.1, 0.15) is 19.2 Å². The fourth-order valence-corrected chi connectivity index (χ4v) is 0.909. The highest BCUT2D eigenvalue weighted by atomic mass is 15.2. The van der Waals surface area contributed by atoms with E-state index in [1.165, 1.54) is 0 Å². The average molecular weight is 154 g/mol. The molecule has 62 valence electrons. The van der Waals surface area contributed by atoms with Crippen LogP contribution in [0.25, 0.3) is 0 Å². The maximum Gasteiger partial charge on any atom is 0.137 e. The number of hydrogen-bond acceptors (Lipinski definition) is 3. The summed E-state index contributed by atoms with van der Waals surface area (Å²) in [6.45, 7) is 4.20. The second kappa shape index (κ2) is 4.85. The highest BCUT2D eigenvalue weighted by Gasteiger charge is 1.93. The molecule has 4 nitrogen and oxygen atoms in total. The first-order valence-corrected chi connectivity index (χ1v) is 3.98. The van der Waals surface area contributed by atoms with Gasteiger partial charge < -0.3 is 5.32 Å². The van der Waals surface area contributed by atoms with Crippen LogP contribution in [-0.4, -0.2) is 28.3 Å². The smallest absolute Gasteiger partial charge is 0.137 e. The fraction of sp³-hybridized carbons (Fsp3) is 0.714. The van der Waals surface area contributed by atoms with Crippen molar-refractivity contribution in [2.24, 2.45) is 0 Å². The van der Waals surface area contributed by atoms with Gasteiger partial charge in [0.15, 0.2) is 0 Å². The van der Waals surface area contributed by atoms with Crippen LogP contribution in [0.2, 0.25) is 0 Å². The lowest BCUT2D eigenvalue weighted by Crippen LogP contribution is -2.14. The summed E-state index contributed by atoms with van der Waals surface area (Å²) in [5.74, 6) is 0.975. The van der Waals surface area contributed by atoms with Crippen molar-refractivity contribution < 1.29 is 0 Å². The SMILES string of the molecule is CCNCCCc1ncn[nH]1. The Morgan fingerprint density at radius 1 is 1.64 bits per heavy atom. The van der Waals surface area contributed by atoms with Crippen molar-refractivity contribution in [3.63, 3.8) is 0 Å². The number of rotatable bonds is 5. The van der Waals surface area contributed by atoms with E-state index < -0.39 is 0 Å². The van der Waals surface area contributed by atoms with Crippen LogP contribution in [0, 0.1) is 0 Å². The summed E-state index contributed by atoms with van der Waals surface area (Å²) < 4.78 is 0. The van der Waals surface area contributed by atoms with Crippen molar-refractivity contribution in [1.82, 2.24) is 20.5 Å². The third-order valence-electron chi connectivity index (χ3n) is 1.48. The lowest BCUT2D eigenvalue weighted by atomic mass is 10.3. The molecule has 0 bridgehead atoms. The van der Waals surface area contributed by atoms with Crippen LogP contribution >= 0.6 is 0 Å². The standard InChI is InChI=1S/C7H14N4/c1-2-8-5-3-4-7-9-6-10-11-7/h6,8H,2-5H2,1H3,(H,9,10,11). The highest BCUT2D eigenvalue weighted by Crippen LogP contribution is 1.90. The quantitative estimate of drug-likeness (QED) is 0.601. The van der Waals surface area contributed by atoms with Gasteiger partial charge in [0.1, 0.15) is 12.2 Å². The summed E-state index contributed by atoms with van der Waals surface area (Å²) in [7, 11) is 0. The summed E-state index contributed by atoms with van der Waals surface area (Å²) >= 11 is 0. The maximum absolute atomic E-state index is 4.02. The first-order chi connectivity index (χ1) is 5.43. The second-order valence-corrected chi connectivity index (χ2v) is 2.39. The molecule has 1 aromatic rings. The molecule has 0 radical (unpaired) electrons. The molecule has 0 aliphatic rings. The first kappa shape index (κ1) is 8.20. The van der Waals surface area contributed by atoms with Gasteiger partial charge in [-0.1, -0.05) is 6.92 Å². The van der Waals surface area contributed by atoms with Crippen molar-refractivity contribution in [3.05, 3.63) is 12.2 Å². The number of nitrogens with zero attached hydrogens (tertiary/aromatic N) is 2. The Hall–Kier alpha value is -0.900. The Kier molecular flexibility index (Phi) is 3.61. The largest absolute Gasteiger partial charge is 0.317 e. The van der Waals surface area contributed by atoms with Crippen LogP contribution in [0.3, 0.4) is 0 Å². The number of aryl methyl sites for hydroxylation is 1. The van der Waals surface area contributed by atoms with Gasteiger partial charge in [0.25, 0.3) is 0 Å². The van der Waals surface area contributed by atoms with Crippen molar-refractivity contribution in [3.8, 4) is 0 Å². The van der Waals surface area contributed by atoms with Crippen molar-refractivity contribution in [1.29, 1.82) is 0 Å². The van der Waals surface area contributed by atoms with Gasteiger partial charge in [0.05, 0.1) is 0 Å². The Morgan fingerprint density at radius 3 is 3.18 bits per heavy atom. The van der Waals surface area contributed by atoms with E-state index in [1.807, 2.05) is 0 Å². The summed E-state index contributed by atoms with van der Waals surface area (Å²) in [6.07, 6.45) is 3.64. The third kappa shape index (κ3) is 3.13. The first-order valence-electron chi connectivity index (χ1n) is 3.98. The molecule has 4 heteroatoms. The molecular formula is C7H14N4.